The maximum Gasteiger partial charge on any atom is 0.417 e. The van der Waals surface area contributed by atoms with E-state index >= 15 is 0 Å². The normalized spacial score (nSPS) is 12.6. The molecule has 0 amide bonds. The summed E-state index contributed by atoms with van der Waals surface area (Å²) >= 11 is 5.38. The van der Waals surface area contributed by atoms with Crippen LogP contribution < -0.4 is 4.72 Å². The van der Waals surface area contributed by atoms with Crippen LogP contribution in [0, 0.1) is 0 Å². The summed E-state index contributed by atoms with van der Waals surface area (Å²) in [4.78, 5) is -0.779. The lowest BCUT2D eigenvalue weighted by Gasteiger charge is -2.13. The first-order valence-electron chi connectivity index (χ1n) is 6.08. The zero-order chi connectivity index (χ0) is 15.9. The lowest BCUT2D eigenvalue weighted by Crippen LogP contribution is -2.28. The van der Waals surface area contributed by atoms with Crippen LogP contribution in [-0.4, -0.2) is 34.1 Å². The molecule has 0 fully saturated rings. The predicted octanol–water partition coefficient (Wildman–Crippen LogP) is 2.63. The van der Waals surface area contributed by atoms with Gasteiger partial charge in [-0.2, -0.15) is 13.2 Å². The number of sulfonamides is 1. The summed E-state index contributed by atoms with van der Waals surface area (Å²) in [6.07, 6.45) is -4.39. The number of hydrogen-bond acceptors (Lipinski definition) is 3. The first-order valence-corrected chi connectivity index (χ1v) is 8.10. The van der Waals surface area contributed by atoms with E-state index in [1.54, 1.807) is 0 Å². The second kappa shape index (κ2) is 7.98. The molecule has 0 aliphatic carbocycles. The van der Waals surface area contributed by atoms with E-state index in [1.807, 2.05) is 0 Å². The second-order valence-corrected chi connectivity index (χ2v) is 6.16. The summed E-state index contributed by atoms with van der Waals surface area (Å²) in [5, 5.41) is 0. The highest BCUT2D eigenvalue weighted by Crippen LogP contribution is 2.33. The zero-order valence-corrected chi connectivity index (χ0v) is 12.6. The zero-order valence-electron chi connectivity index (χ0n) is 11.0. The van der Waals surface area contributed by atoms with Crippen molar-refractivity contribution in [3.05, 3.63) is 29.8 Å². The molecule has 4 nitrogen and oxygen atoms in total. The highest BCUT2D eigenvalue weighted by atomic mass is 35.5. The van der Waals surface area contributed by atoms with Gasteiger partial charge in [0, 0.05) is 19.0 Å². The summed E-state index contributed by atoms with van der Waals surface area (Å²) in [6, 6.07) is 4.04. The van der Waals surface area contributed by atoms with Crippen LogP contribution in [0.25, 0.3) is 0 Å². The lowest BCUT2D eigenvalue weighted by molar-refractivity contribution is -0.139. The maximum atomic E-state index is 12.8. The molecule has 1 N–H and O–H groups in total. The minimum atomic E-state index is -4.73. The Bertz CT molecular complexity index is 549. The van der Waals surface area contributed by atoms with Crippen LogP contribution in [0.2, 0.25) is 0 Å². The third-order valence-corrected chi connectivity index (χ3v) is 4.13. The Kier molecular flexibility index (Phi) is 6.92. The molecule has 0 spiro atoms. The van der Waals surface area contributed by atoms with Crippen LogP contribution in [0.1, 0.15) is 12.0 Å². The molecule has 0 heterocycles. The molecule has 0 bridgehead atoms. The first kappa shape index (κ1) is 18.2. The average Bonchev–Trinajstić information content (AvgIpc) is 2.42. The van der Waals surface area contributed by atoms with Crippen molar-refractivity contribution < 1.29 is 26.3 Å². The smallest absolute Gasteiger partial charge is 0.380 e. The van der Waals surface area contributed by atoms with E-state index in [9.17, 15) is 21.6 Å². The molecule has 1 rings (SSSR count). The lowest BCUT2D eigenvalue weighted by atomic mass is 10.2. The van der Waals surface area contributed by atoms with E-state index in [1.165, 1.54) is 6.07 Å². The van der Waals surface area contributed by atoms with Gasteiger partial charge in [0.2, 0.25) is 10.0 Å². The highest BCUT2D eigenvalue weighted by molar-refractivity contribution is 7.89. The third-order valence-electron chi connectivity index (χ3n) is 2.46. The number of benzene rings is 1. The van der Waals surface area contributed by atoms with E-state index in [2.05, 4.69) is 4.72 Å². The van der Waals surface area contributed by atoms with Gasteiger partial charge in [-0.05, 0) is 18.6 Å². The van der Waals surface area contributed by atoms with Gasteiger partial charge in [0.15, 0.2) is 0 Å². The predicted molar refractivity (Wildman–Crippen MR) is 72.8 cm³/mol. The van der Waals surface area contributed by atoms with Crippen molar-refractivity contribution in [2.75, 3.05) is 25.6 Å². The Morgan fingerprint density at radius 3 is 2.48 bits per heavy atom. The molecular formula is C12H15ClF3NO3S. The van der Waals surface area contributed by atoms with Crippen molar-refractivity contribution in [1.82, 2.24) is 4.72 Å². The van der Waals surface area contributed by atoms with Crippen molar-refractivity contribution in [3.8, 4) is 0 Å². The van der Waals surface area contributed by atoms with Gasteiger partial charge in [0.05, 0.1) is 17.1 Å². The van der Waals surface area contributed by atoms with Crippen LogP contribution in [0.15, 0.2) is 29.2 Å². The summed E-state index contributed by atoms with van der Waals surface area (Å²) in [5.74, 6) is 0.324. The molecule has 0 aliphatic rings. The Hall–Kier alpha value is -0.830. The van der Waals surface area contributed by atoms with Crippen molar-refractivity contribution >= 4 is 21.6 Å². The first-order chi connectivity index (χ1) is 9.79. The van der Waals surface area contributed by atoms with E-state index in [-0.39, 0.29) is 13.2 Å². The summed E-state index contributed by atoms with van der Waals surface area (Å²) in [6.45, 7) is 0.595. The molecule has 0 radical (unpaired) electrons. The molecular weight excluding hydrogens is 331 g/mol. The highest BCUT2D eigenvalue weighted by Gasteiger charge is 2.36. The summed E-state index contributed by atoms with van der Waals surface area (Å²) < 4.78 is 69.3. The number of nitrogens with one attached hydrogen (secondary N) is 1. The van der Waals surface area contributed by atoms with Crippen LogP contribution in [0.3, 0.4) is 0 Å². The number of rotatable bonds is 8. The summed E-state index contributed by atoms with van der Waals surface area (Å²) in [7, 11) is -4.22. The van der Waals surface area contributed by atoms with Crippen LogP contribution in [-0.2, 0) is 20.9 Å². The van der Waals surface area contributed by atoms with E-state index in [0.717, 1.165) is 18.2 Å². The SMILES string of the molecule is O=S(=O)(NCCCOCCCl)c1ccccc1C(F)(F)F. The van der Waals surface area contributed by atoms with Crippen molar-refractivity contribution in [2.24, 2.45) is 0 Å². The average molecular weight is 346 g/mol. The summed E-state index contributed by atoms with van der Waals surface area (Å²) in [5.41, 5.74) is -1.18. The van der Waals surface area contributed by atoms with Gasteiger partial charge in [-0.1, -0.05) is 12.1 Å². The van der Waals surface area contributed by atoms with E-state index < -0.39 is 26.7 Å². The standard InChI is InChI=1S/C12H15ClF3NO3S/c13-6-9-20-8-3-7-17-21(18,19)11-5-2-1-4-10(11)12(14,15)16/h1-2,4-5,17H,3,6-9H2. The Labute approximate surface area is 126 Å². The molecule has 1 aromatic carbocycles. The van der Waals surface area contributed by atoms with Crippen molar-refractivity contribution in [3.63, 3.8) is 0 Å². The molecule has 0 saturated carbocycles. The molecule has 21 heavy (non-hydrogen) atoms. The van der Waals surface area contributed by atoms with Crippen molar-refractivity contribution in [2.45, 2.75) is 17.5 Å². The Morgan fingerprint density at radius 1 is 1.19 bits per heavy atom. The van der Waals surface area contributed by atoms with E-state index in [0.29, 0.717) is 18.9 Å². The Morgan fingerprint density at radius 2 is 1.86 bits per heavy atom. The Balaban J connectivity index is 2.71. The van der Waals surface area contributed by atoms with Gasteiger partial charge in [-0.15, -0.1) is 11.6 Å². The molecule has 9 heteroatoms. The largest absolute Gasteiger partial charge is 0.417 e. The molecule has 120 valence electrons. The molecule has 0 atom stereocenters. The fraction of sp³-hybridized carbons (Fsp3) is 0.500. The van der Waals surface area contributed by atoms with Crippen LogP contribution in [0.5, 0.6) is 0 Å². The van der Waals surface area contributed by atoms with Gasteiger partial charge in [-0.25, -0.2) is 13.1 Å². The molecule has 0 aliphatic heterocycles. The minimum absolute atomic E-state index is 0.0171. The second-order valence-electron chi connectivity index (χ2n) is 4.05. The van der Waals surface area contributed by atoms with Crippen LogP contribution >= 0.6 is 11.6 Å². The number of alkyl halides is 4. The molecule has 0 unspecified atom stereocenters. The molecule has 0 aromatic heterocycles. The monoisotopic (exact) mass is 345 g/mol. The topological polar surface area (TPSA) is 55.4 Å². The molecule has 1 aromatic rings. The van der Waals surface area contributed by atoms with Crippen molar-refractivity contribution in [1.29, 1.82) is 0 Å². The number of halogens is 4. The fourth-order valence-electron chi connectivity index (χ4n) is 1.55. The van der Waals surface area contributed by atoms with Gasteiger partial charge in [0.25, 0.3) is 0 Å². The van der Waals surface area contributed by atoms with Crippen LogP contribution in [0.4, 0.5) is 13.2 Å². The third kappa shape index (κ3) is 5.82. The fourth-order valence-corrected chi connectivity index (χ4v) is 2.96. The minimum Gasteiger partial charge on any atom is -0.380 e. The number of ether oxygens (including phenoxy) is 1. The van der Waals surface area contributed by atoms with E-state index in [4.69, 9.17) is 16.3 Å². The van der Waals surface area contributed by atoms with Gasteiger partial charge >= 0.3 is 6.18 Å². The quantitative estimate of drug-likeness (QED) is 0.582. The maximum absolute atomic E-state index is 12.8. The number of hydrogen-bond donors (Lipinski definition) is 1. The van der Waals surface area contributed by atoms with Gasteiger partial charge < -0.3 is 4.74 Å². The molecule has 0 saturated heterocycles. The van der Waals surface area contributed by atoms with Gasteiger partial charge in [-0.3, -0.25) is 0 Å². The van der Waals surface area contributed by atoms with Gasteiger partial charge in [0.1, 0.15) is 0 Å².